The van der Waals surface area contributed by atoms with Gasteiger partial charge < -0.3 is 15.6 Å². The largest absolute Gasteiger partial charge is 0.494 e. The lowest BCUT2D eigenvalue weighted by atomic mass is 9.97. The number of fused-ring (bicyclic) bond motifs is 1. The average Bonchev–Trinajstić information content (AvgIpc) is 3.47. The van der Waals surface area contributed by atoms with Gasteiger partial charge in [0, 0.05) is 34.2 Å². The topological polar surface area (TPSA) is 124 Å². The van der Waals surface area contributed by atoms with Crippen molar-refractivity contribution in [3.05, 3.63) is 71.2 Å². The minimum absolute atomic E-state index is 0.0348. The van der Waals surface area contributed by atoms with E-state index in [2.05, 4.69) is 32.3 Å². The lowest BCUT2D eigenvalue weighted by Gasteiger charge is -2.16. The zero-order valence-electron chi connectivity index (χ0n) is 19.1. The maximum absolute atomic E-state index is 12.6. The smallest absolute Gasteiger partial charge is 0.251 e. The van der Waals surface area contributed by atoms with Gasteiger partial charge in [0.2, 0.25) is 0 Å². The second-order valence-electron chi connectivity index (χ2n) is 8.20. The number of rotatable bonds is 7. The number of aliphatic hydroxyl groups is 1. The number of aromatic nitrogens is 4. The molecule has 0 saturated carbocycles. The van der Waals surface area contributed by atoms with Crippen molar-refractivity contribution in [3.8, 4) is 27.6 Å². The number of nitrogens with two attached hydrogens (primary N) is 1. The quantitative estimate of drug-likeness (QED) is 0.388. The molecule has 0 saturated heterocycles. The van der Waals surface area contributed by atoms with Crippen LogP contribution in [0, 0.1) is 6.92 Å². The summed E-state index contributed by atoms with van der Waals surface area (Å²) in [6, 6.07) is 11.8. The molecule has 3 aromatic heterocycles. The molecule has 3 heterocycles. The fraction of sp³-hybridized carbons (Fsp3) is 0.240. The van der Waals surface area contributed by atoms with E-state index < -0.39 is 5.91 Å². The molecule has 2 unspecified atom stereocenters. The number of primary amides is 1. The number of carbonyl (C=O) groups excluding carboxylic acids is 1. The van der Waals surface area contributed by atoms with E-state index in [9.17, 15) is 9.90 Å². The van der Waals surface area contributed by atoms with Crippen molar-refractivity contribution in [1.82, 2.24) is 20.2 Å². The molecule has 0 spiro atoms. The second-order valence-corrected chi connectivity index (χ2v) is 10.7. The fourth-order valence-electron chi connectivity index (χ4n) is 4.52. The Kier molecular flexibility index (Phi) is 6.50. The van der Waals surface area contributed by atoms with Gasteiger partial charge in [-0.25, -0.2) is 4.98 Å². The summed E-state index contributed by atoms with van der Waals surface area (Å²) in [5.74, 6) is -0.0548. The van der Waals surface area contributed by atoms with Crippen LogP contribution in [0.1, 0.15) is 33.1 Å². The van der Waals surface area contributed by atoms with Gasteiger partial charge in [-0.15, -0.1) is 10.2 Å². The van der Waals surface area contributed by atoms with Gasteiger partial charge in [0.15, 0.2) is 9.35 Å². The molecule has 1 aliphatic rings. The Labute approximate surface area is 210 Å². The van der Waals surface area contributed by atoms with Gasteiger partial charge in [0.05, 0.1) is 25.5 Å². The van der Waals surface area contributed by atoms with E-state index in [0.717, 1.165) is 10.8 Å². The third kappa shape index (κ3) is 4.40. The van der Waals surface area contributed by atoms with Crippen molar-refractivity contribution in [3.63, 3.8) is 0 Å². The number of pyridine rings is 2. The van der Waals surface area contributed by atoms with E-state index >= 15 is 0 Å². The van der Waals surface area contributed by atoms with Crippen LogP contribution in [-0.2, 0) is 6.42 Å². The highest BCUT2D eigenvalue weighted by molar-refractivity contribution is 8.01. The Hall–Kier alpha value is -3.34. The van der Waals surface area contributed by atoms with E-state index in [-0.39, 0.29) is 23.3 Å². The molecule has 5 rings (SSSR count). The Morgan fingerprint density at radius 3 is 2.86 bits per heavy atom. The molecule has 0 fully saturated rings. The van der Waals surface area contributed by atoms with E-state index in [1.54, 1.807) is 43.4 Å². The number of benzene rings is 1. The minimum Gasteiger partial charge on any atom is -0.494 e. The molecule has 2 atom stereocenters. The number of thioether (sulfide) groups is 1. The summed E-state index contributed by atoms with van der Waals surface area (Å²) in [6.45, 7) is 1.92. The number of methoxy groups -OCH3 is 1. The second kappa shape index (κ2) is 9.73. The van der Waals surface area contributed by atoms with Crippen molar-refractivity contribution >= 4 is 29.0 Å². The molecule has 35 heavy (non-hydrogen) atoms. The Bertz CT molecular complexity index is 1410. The van der Waals surface area contributed by atoms with Crippen molar-refractivity contribution in [2.45, 2.75) is 28.9 Å². The summed E-state index contributed by atoms with van der Waals surface area (Å²) in [5.41, 5.74) is 10.9. The van der Waals surface area contributed by atoms with Crippen molar-refractivity contribution in [1.29, 1.82) is 0 Å². The van der Waals surface area contributed by atoms with Gasteiger partial charge in [-0.2, -0.15) is 0 Å². The van der Waals surface area contributed by atoms with Gasteiger partial charge in [-0.05, 0) is 36.6 Å². The summed E-state index contributed by atoms with van der Waals surface area (Å²) in [6.07, 6.45) is 4.07. The first kappa shape index (κ1) is 23.4. The summed E-state index contributed by atoms with van der Waals surface area (Å²) < 4.78 is 6.21. The summed E-state index contributed by atoms with van der Waals surface area (Å²) in [5, 5.41) is 19.4. The minimum atomic E-state index is -0.614. The van der Waals surface area contributed by atoms with Crippen molar-refractivity contribution in [2.24, 2.45) is 5.73 Å². The number of ether oxygens (including phenoxy) is 1. The van der Waals surface area contributed by atoms with E-state index in [4.69, 9.17) is 10.5 Å². The van der Waals surface area contributed by atoms with Crippen LogP contribution in [0.2, 0.25) is 0 Å². The lowest BCUT2D eigenvalue weighted by molar-refractivity contribution is 0.100. The third-order valence-electron chi connectivity index (χ3n) is 6.07. The highest BCUT2D eigenvalue weighted by atomic mass is 32.2. The van der Waals surface area contributed by atoms with Gasteiger partial charge in [0.25, 0.3) is 5.91 Å². The Morgan fingerprint density at radius 2 is 2.09 bits per heavy atom. The van der Waals surface area contributed by atoms with Crippen LogP contribution in [0.5, 0.6) is 5.75 Å². The monoisotopic (exact) mass is 505 g/mol. The average molecular weight is 506 g/mol. The summed E-state index contributed by atoms with van der Waals surface area (Å²) in [7, 11) is 1.55. The predicted octanol–water partition coefficient (Wildman–Crippen LogP) is 3.87. The zero-order valence-corrected chi connectivity index (χ0v) is 20.8. The van der Waals surface area contributed by atoms with Crippen LogP contribution >= 0.6 is 23.1 Å². The number of amides is 1. The van der Waals surface area contributed by atoms with E-state index in [1.807, 2.05) is 19.1 Å². The number of hydrogen-bond acceptors (Lipinski definition) is 9. The molecule has 1 aromatic carbocycles. The molecule has 0 radical (unpaired) electrons. The standard InChI is InChI=1S/C25H23N5O3S2/c1-13-9-17(16-7-8-27-11-19(16)33-2)21(23(26)32)22(28-13)24-29-30-25(35-24)34-20-10-14-5-3-4-6-15(14)18(20)12-31/h3-9,11,18,20,31H,10,12H2,1-2H3,(H2,26,32). The Balaban J connectivity index is 1.52. The van der Waals surface area contributed by atoms with Crippen LogP contribution in [-0.4, -0.2) is 50.1 Å². The van der Waals surface area contributed by atoms with Crippen LogP contribution < -0.4 is 10.5 Å². The molecule has 1 amide bonds. The van der Waals surface area contributed by atoms with Gasteiger partial charge in [0.1, 0.15) is 11.4 Å². The number of nitrogens with zero attached hydrogens (tertiary/aromatic N) is 4. The molecular weight excluding hydrogens is 482 g/mol. The molecule has 10 heteroatoms. The highest BCUT2D eigenvalue weighted by Gasteiger charge is 2.33. The van der Waals surface area contributed by atoms with Crippen LogP contribution in [0.25, 0.3) is 21.8 Å². The first-order valence-electron chi connectivity index (χ1n) is 11.0. The summed E-state index contributed by atoms with van der Waals surface area (Å²) in [4.78, 5) is 21.4. The fourth-order valence-corrected chi connectivity index (χ4v) is 6.90. The molecule has 4 aromatic rings. The normalized spacial score (nSPS) is 16.8. The molecule has 178 valence electrons. The first-order valence-corrected chi connectivity index (χ1v) is 12.7. The van der Waals surface area contributed by atoms with Gasteiger partial charge in [-0.1, -0.05) is 47.4 Å². The molecule has 3 N–H and O–H groups in total. The number of aliphatic hydroxyl groups excluding tert-OH is 1. The SMILES string of the molecule is COc1cnccc1-c1cc(C)nc(-c2nnc(SC3Cc4ccccc4C3CO)s2)c1C(N)=O. The van der Waals surface area contributed by atoms with E-state index in [0.29, 0.717) is 33.3 Å². The Morgan fingerprint density at radius 1 is 1.26 bits per heavy atom. The first-order chi connectivity index (χ1) is 17.0. The lowest BCUT2D eigenvalue weighted by Crippen LogP contribution is -2.15. The number of hydrogen-bond donors (Lipinski definition) is 2. The highest BCUT2D eigenvalue weighted by Crippen LogP contribution is 2.44. The molecule has 0 bridgehead atoms. The molecular formula is C25H23N5O3S2. The number of carbonyl (C=O) groups is 1. The number of aryl methyl sites for hydroxylation is 1. The van der Waals surface area contributed by atoms with E-state index in [1.165, 1.54) is 22.5 Å². The molecule has 0 aliphatic heterocycles. The third-order valence-corrected chi connectivity index (χ3v) is 8.42. The van der Waals surface area contributed by atoms with Crippen LogP contribution in [0.3, 0.4) is 0 Å². The molecule has 8 nitrogen and oxygen atoms in total. The van der Waals surface area contributed by atoms with Crippen molar-refractivity contribution in [2.75, 3.05) is 13.7 Å². The zero-order chi connectivity index (χ0) is 24.5. The summed E-state index contributed by atoms with van der Waals surface area (Å²) >= 11 is 2.96. The van der Waals surface area contributed by atoms with Crippen molar-refractivity contribution < 1.29 is 14.6 Å². The maximum Gasteiger partial charge on any atom is 0.251 e. The molecule has 1 aliphatic carbocycles. The van der Waals surface area contributed by atoms with Gasteiger partial charge >= 0.3 is 0 Å². The van der Waals surface area contributed by atoms with Crippen LogP contribution in [0.4, 0.5) is 0 Å². The maximum atomic E-state index is 12.6. The predicted molar refractivity (Wildman–Crippen MR) is 136 cm³/mol. The van der Waals surface area contributed by atoms with Crippen LogP contribution in [0.15, 0.2) is 53.1 Å². The van der Waals surface area contributed by atoms with Gasteiger partial charge in [-0.3, -0.25) is 9.78 Å².